The molecule has 0 saturated heterocycles. The standard InChI is InChI=1S/C17H21ClFN3O4S/c1-8(2)27(25,26)13-9(18)6-7-10(12(13)23)20-16-21-14(17(3,4)5)11(19)15(24)22-16/h6-8,23H,1-5H3,(H2,20,21,22,24). The van der Waals surface area contributed by atoms with Gasteiger partial charge in [-0.3, -0.25) is 9.78 Å². The Morgan fingerprint density at radius 3 is 2.41 bits per heavy atom. The highest BCUT2D eigenvalue weighted by atomic mass is 35.5. The van der Waals surface area contributed by atoms with Crippen LogP contribution in [0.25, 0.3) is 0 Å². The molecule has 0 bridgehead atoms. The molecule has 10 heteroatoms. The quantitative estimate of drug-likeness (QED) is 0.656. The van der Waals surface area contributed by atoms with Gasteiger partial charge in [-0.25, -0.2) is 13.4 Å². The van der Waals surface area contributed by atoms with E-state index < -0.39 is 42.5 Å². The number of halogens is 2. The molecular weight excluding hydrogens is 397 g/mol. The number of nitrogens with one attached hydrogen (secondary N) is 2. The second-order valence-electron chi connectivity index (χ2n) is 7.32. The first-order valence-electron chi connectivity index (χ1n) is 8.09. The Bertz CT molecular complexity index is 1040. The molecule has 0 radical (unpaired) electrons. The highest BCUT2D eigenvalue weighted by Crippen LogP contribution is 2.39. The molecule has 27 heavy (non-hydrogen) atoms. The topological polar surface area (TPSA) is 112 Å². The number of nitrogens with zero attached hydrogens (tertiary/aromatic N) is 1. The molecule has 1 aromatic heterocycles. The van der Waals surface area contributed by atoms with Gasteiger partial charge in [0.25, 0.3) is 5.56 Å². The van der Waals surface area contributed by atoms with Gasteiger partial charge in [0.2, 0.25) is 11.8 Å². The van der Waals surface area contributed by atoms with E-state index >= 15 is 0 Å². The number of aromatic nitrogens is 2. The molecule has 0 saturated carbocycles. The first kappa shape index (κ1) is 21.2. The first-order chi connectivity index (χ1) is 12.3. The van der Waals surface area contributed by atoms with Crippen LogP contribution in [-0.4, -0.2) is 28.7 Å². The zero-order chi connectivity index (χ0) is 20.7. The molecule has 2 aromatic rings. The second kappa shape index (κ2) is 7.12. The summed E-state index contributed by atoms with van der Waals surface area (Å²) in [5.74, 6) is -1.76. The van der Waals surface area contributed by atoms with E-state index in [4.69, 9.17) is 11.6 Å². The van der Waals surface area contributed by atoms with Crippen molar-refractivity contribution in [3.63, 3.8) is 0 Å². The van der Waals surface area contributed by atoms with Gasteiger partial charge in [-0.2, -0.15) is 4.39 Å². The number of benzene rings is 1. The Balaban J connectivity index is 2.61. The largest absolute Gasteiger partial charge is 0.504 e. The average Bonchev–Trinajstić information content (AvgIpc) is 2.52. The Labute approximate surface area is 161 Å². The molecule has 0 aliphatic carbocycles. The lowest BCUT2D eigenvalue weighted by Crippen LogP contribution is -2.25. The molecule has 1 aromatic carbocycles. The van der Waals surface area contributed by atoms with Crippen molar-refractivity contribution in [2.75, 3.05) is 5.32 Å². The summed E-state index contributed by atoms with van der Waals surface area (Å²) >= 11 is 5.97. The number of H-pyrrole nitrogens is 1. The van der Waals surface area contributed by atoms with Gasteiger partial charge < -0.3 is 10.4 Å². The molecule has 0 unspecified atom stereocenters. The maximum atomic E-state index is 14.1. The number of phenols is 1. The molecule has 7 nitrogen and oxygen atoms in total. The molecule has 1 heterocycles. The van der Waals surface area contributed by atoms with Crippen LogP contribution >= 0.6 is 11.6 Å². The fourth-order valence-corrected chi connectivity index (χ4v) is 3.96. The maximum Gasteiger partial charge on any atom is 0.288 e. The average molecular weight is 418 g/mol. The summed E-state index contributed by atoms with van der Waals surface area (Å²) in [6.45, 7) is 7.98. The van der Waals surface area contributed by atoms with Crippen molar-refractivity contribution in [2.45, 2.75) is 50.2 Å². The molecule has 0 fully saturated rings. The summed E-state index contributed by atoms with van der Waals surface area (Å²) in [6.07, 6.45) is 0. The van der Waals surface area contributed by atoms with E-state index in [0.29, 0.717) is 0 Å². The zero-order valence-electron chi connectivity index (χ0n) is 15.5. The van der Waals surface area contributed by atoms with Crippen molar-refractivity contribution in [3.8, 4) is 5.75 Å². The van der Waals surface area contributed by atoms with Crippen molar-refractivity contribution in [3.05, 3.63) is 39.0 Å². The number of anilines is 2. The van der Waals surface area contributed by atoms with Crippen LogP contribution in [0.4, 0.5) is 16.0 Å². The van der Waals surface area contributed by atoms with Crippen LogP contribution in [0.2, 0.25) is 5.02 Å². The van der Waals surface area contributed by atoms with Crippen LogP contribution in [0, 0.1) is 5.82 Å². The van der Waals surface area contributed by atoms with E-state index in [-0.39, 0.29) is 22.4 Å². The summed E-state index contributed by atoms with van der Waals surface area (Å²) < 4.78 is 39.0. The molecule has 0 aliphatic rings. The molecule has 3 N–H and O–H groups in total. The normalized spacial score (nSPS) is 12.4. The van der Waals surface area contributed by atoms with Gasteiger partial charge in [-0.15, -0.1) is 0 Å². The number of aromatic amines is 1. The number of sulfone groups is 1. The lowest BCUT2D eigenvalue weighted by Gasteiger charge is -2.19. The number of aromatic hydroxyl groups is 1. The van der Waals surface area contributed by atoms with E-state index in [1.807, 2.05) is 0 Å². The first-order valence-corrected chi connectivity index (χ1v) is 10.0. The van der Waals surface area contributed by atoms with Gasteiger partial charge >= 0.3 is 0 Å². The Kier molecular flexibility index (Phi) is 5.58. The maximum absolute atomic E-state index is 14.1. The van der Waals surface area contributed by atoms with Crippen molar-refractivity contribution in [1.29, 1.82) is 0 Å². The van der Waals surface area contributed by atoms with Crippen molar-refractivity contribution in [2.24, 2.45) is 0 Å². The Morgan fingerprint density at radius 2 is 1.89 bits per heavy atom. The number of hydrogen-bond donors (Lipinski definition) is 3. The summed E-state index contributed by atoms with van der Waals surface area (Å²) in [7, 11) is -3.87. The van der Waals surface area contributed by atoms with Gasteiger partial charge in [0, 0.05) is 5.41 Å². The summed E-state index contributed by atoms with van der Waals surface area (Å²) in [5, 5.41) is 12.1. The van der Waals surface area contributed by atoms with E-state index in [9.17, 15) is 22.7 Å². The number of hydrogen-bond acceptors (Lipinski definition) is 6. The van der Waals surface area contributed by atoms with Gasteiger partial charge in [0.15, 0.2) is 15.6 Å². The molecule has 148 valence electrons. The number of rotatable bonds is 4. The van der Waals surface area contributed by atoms with Crippen LogP contribution in [0.1, 0.15) is 40.3 Å². The summed E-state index contributed by atoms with van der Waals surface area (Å²) in [5.41, 5.74) is -1.85. The van der Waals surface area contributed by atoms with Crippen LogP contribution in [0.15, 0.2) is 21.8 Å². The second-order valence-corrected chi connectivity index (χ2v) is 10.2. The third-order valence-corrected chi connectivity index (χ3v) is 6.47. The smallest absolute Gasteiger partial charge is 0.288 e. The van der Waals surface area contributed by atoms with Gasteiger partial charge in [0.05, 0.1) is 21.7 Å². The molecule has 0 amide bonds. The predicted octanol–water partition coefficient (Wildman–Crippen LogP) is 3.49. The van der Waals surface area contributed by atoms with Gasteiger partial charge in [-0.1, -0.05) is 32.4 Å². The molecule has 0 spiro atoms. The highest BCUT2D eigenvalue weighted by Gasteiger charge is 2.28. The fraction of sp³-hybridized carbons (Fsp3) is 0.412. The van der Waals surface area contributed by atoms with E-state index in [1.165, 1.54) is 26.0 Å². The lowest BCUT2D eigenvalue weighted by atomic mass is 9.91. The minimum atomic E-state index is -3.87. The van der Waals surface area contributed by atoms with Crippen LogP contribution in [0.3, 0.4) is 0 Å². The van der Waals surface area contributed by atoms with Crippen molar-refractivity contribution >= 4 is 33.1 Å². The van der Waals surface area contributed by atoms with E-state index in [2.05, 4.69) is 15.3 Å². The van der Waals surface area contributed by atoms with Crippen LogP contribution in [0.5, 0.6) is 5.75 Å². The van der Waals surface area contributed by atoms with Crippen molar-refractivity contribution in [1.82, 2.24) is 9.97 Å². The molecule has 0 aliphatic heterocycles. The highest BCUT2D eigenvalue weighted by molar-refractivity contribution is 7.92. The molecule has 2 rings (SSSR count). The Hall–Kier alpha value is -2.13. The lowest BCUT2D eigenvalue weighted by molar-refractivity contribution is 0.460. The minimum absolute atomic E-state index is 0.0479. The van der Waals surface area contributed by atoms with Crippen molar-refractivity contribution < 1.29 is 17.9 Å². The molecule has 0 atom stereocenters. The van der Waals surface area contributed by atoms with Gasteiger partial charge in [-0.05, 0) is 26.0 Å². The van der Waals surface area contributed by atoms with E-state index in [0.717, 1.165) is 0 Å². The van der Waals surface area contributed by atoms with Gasteiger partial charge in [0.1, 0.15) is 4.90 Å². The van der Waals surface area contributed by atoms with E-state index in [1.54, 1.807) is 20.8 Å². The number of phenolic OH excluding ortho intramolecular Hbond substituents is 1. The minimum Gasteiger partial charge on any atom is -0.504 e. The van der Waals surface area contributed by atoms with Crippen LogP contribution < -0.4 is 10.9 Å². The Morgan fingerprint density at radius 1 is 1.30 bits per heavy atom. The monoisotopic (exact) mass is 417 g/mol. The molecular formula is C17H21ClFN3O4S. The SMILES string of the molecule is CC(C)S(=O)(=O)c1c(Cl)ccc(Nc2nc(C(C)(C)C)c(F)c(=O)[nH]2)c1O. The predicted molar refractivity (Wildman–Crippen MR) is 102 cm³/mol. The third kappa shape index (κ3) is 4.08. The zero-order valence-corrected chi connectivity index (χ0v) is 17.1. The summed E-state index contributed by atoms with van der Waals surface area (Å²) in [4.78, 5) is 17.7. The van der Waals surface area contributed by atoms with Crippen LogP contribution in [-0.2, 0) is 15.3 Å². The third-order valence-electron chi connectivity index (χ3n) is 3.81. The summed E-state index contributed by atoms with van der Waals surface area (Å²) in [6, 6.07) is 2.63. The fourth-order valence-electron chi connectivity index (χ4n) is 2.30.